The number of furan rings is 1. The van der Waals surface area contributed by atoms with Crippen LogP contribution in [-0.2, 0) is 0 Å². The quantitative estimate of drug-likeness (QED) is 0.746. The zero-order chi connectivity index (χ0) is 14.3. The van der Waals surface area contributed by atoms with Crippen LogP contribution in [0.1, 0.15) is 6.42 Å². The number of anilines is 1. The summed E-state index contributed by atoms with van der Waals surface area (Å²) in [5.74, 6) is 0.850. The lowest BCUT2D eigenvalue weighted by atomic mass is 9.88. The summed E-state index contributed by atoms with van der Waals surface area (Å²) >= 11 is 0. The SMILES string of the molecule is CN(C)[C@H]1CCN(c2nccc3oc(B(O)O)cc23)C1. The summed E-state index contributed by atoms with van der Waals surface area (Å²) in [7, 11) is 2.57. The highest BCUT2D eigenvalue weighted by Gasteiger charge is 2.27. The number of nitrogens with zero attached hydrogens (tertiary/aromatic N) is 3. The number of rotatable bonds is 3. The number of likely N-dealkylation sites (N-methyl/N-ethyl adjacent to an activating group) is 1. The number of aromatic nitrogens is 1. The summed E-state index contributed by atoms with van der Waals surface area (Å²) < 4.78 is 5.43. The molecule has 20 heavy (non-hydrogen) atoms. The van der Waals surface area contributed by atoms with E-state index in [0.717, 1.165) is 30.7 Å². The van der Waals surface area contributed by atoms with E-state index >= 15 is 0 Å². The summed E-state index contributed by atoms with van der Waals surface area (Å²) in [6.45, 7) is 1.86. The third-order valence-electron chi connectivity index (χ3n) is 3.89. The molecule has 0 saturated carbocycles. The minimum atomic E-state index is -1.59. The summed E-state index contributed by atoms with van der Waals surface area (Å²) in [5.41, 5.74) is 0.781. The van der Waals surface area contributed by atoms with E-state index in [9.17, 15) is 10.0 Å². The lowest BCUT2D eigenvalue weighted by molar-refractivity contribution is 0.315. The van der Waals surface area contributed by atoms with Crippen LogP contribution < -0.4 is 10.6 Å². The van der Waals surface area contributed by atoms with Gasteiger partial charge in [0.05, 0.1) is 5.39 Å². The van der Waals surface area contributed by atoms with Gasteiger partial charge in [-0.3, -0.25) is 0 Å². The first-order valence-corrected chi connectivity index (χ1v) is 6.72. The average molecular weight is 275 g/mol. The smallest absolute Gasteiger partial charge is 0.464 e. The molecule has 2 N–H and O–H groups in total. The highest BCUT2D eigenvalue weighted by atomic mass is 16.4. The van der Waals surface area contributed by atoms with Crippen LogP contribution in [0.2, 0.25) is 0 Å². The molecule has 1 fully saturated rings. The predicted octanol–water partition coefficient (Wildman–Crippen LogP) is -0.352. The maximum atomic E-state index is 9.22. The maximum absolute atomic E-state index is 9.22. The third-order valence-corrected chi connectivity index (χ3v) is 3.89. The van der Waals surface area contributed by atoms with Crippen LogP contribution in [-0.4, -0.2) is 60.3 Å². The fourth-order valence-electron chi connectivity index (χ4n) is 2.70. The monoisotopic (exact) mass is 275 g/mol. The second kappa shape index (κ2) is 5.08. The molecular weight excluding hydrogens is 257 g/mol. The molecule has 1 saturated heterocycles. The molecule has 1 aliphatic rings. The topological polar surface area (TPSA) is 73.0 Å². The Morgan fingerprint density at radius 3 is 2.90 bits per heavy atom. The van der Waals surface area contributed by atoms with E-state index in [1.165, 1.54) is 0 Å². The van der Waals surface area contributed by atoms with Gasteiger partial charge in [-0.05, 0) is 32.6 Å². The van der Waals surface area contributed by atoms with E-state index in [1.54, 1.807) is 18.3 Å². The Balaban J connectivity index is 1.96. The van der Waals surface area contributed by atoms with Gasteiger partial charge in [0.15, 0.2) is 0 Å². The van der Waals surface area contributed by atoms with Crippen LogP contribution in [0, 0.1) is 0 Å². The van der Waals surface area contributed by atoms with Gasteiger partial charge in [-0.1, -0.05) is 0 Å². The highest BCUT2D eigenvalue weighted by molar-refractivity contribution is 6.57. The minimum absolute atomic E-state index is 0.151. The Bertz CT molecular complexity index is 614. The van der Waals surface area contributed by atoms with Crippen LogP contribution in [0.5, 0.6) is 0 Å². The van der Waals surface area contributed by atoms with Crippen LogP contribution in [0.15, 0.2) is 22.7 Å². The third kappa shape index (κ3) is 2.28. The second-order valence-electron chi connectivity index (χ2n) is 5.42. The molecule has 106 valence electrons. The van der Waals surface area contributed by atoms with Gasteiger partial charge in [-0.25, -0.2) is 4.98 Å². The lowest BCUT2D eigenvalue weighted by Gasteiger charge is -2.21. The fourth-order valence-corrected chi connectivity index (χ4v) is 2.70. The first-order valence-electron chi connectivity index (χ1n) is 6.72. The zero-order valence-electron chi connectivity index (χ0n) is 11.7. The number of fused-ring (bicyclic) bond motifs is 1. The van der Waals surface area contributed by atoms with E-state index in [0.29, 0.717) is 11.6 Å². The van der Waals surface area contributed by atoms with Crippen molar-refractivity contribution in [2.75, 3.05) is 32.1 Å². The molecule has 2 aromatic heterocycles. The van der Waals surface area contributed by atoms with Crippen LogP contribution in [0.3, 0.4) is 0 Å². The molecule has 1 atom stereocenters. The van der Waals surface area contributed by atoms with Crippen molar-refractivity contribution in [2.45, 2.75) is 12.5 Å². The van der Waals surface area contributed by atoms with Crippen molar-refractivity contribution in [1.29, 1.82) is 0 Å². The van der Waals surface area contributed by atoms with Crippen molar-refractivity contribution >= 4 is 29.6 Å². The lowest BCUT2D eigenvalue weighted by Crippen LogP contribution is -2.31. The Labute approximate surface area is 117 Å². The van der Waals surface area contributed by atoms with Gasteiger partial charge in [0, 0.05) is 25.3 Å². The zero-order valence-corrected chi connectivity index (χ0v) is 11.7. The van der Waals surface area contributed by atoms with Gasteiger partial charge in [0.25, 0.3) is 0 Å². The van der Waals surface area contributed by atoms with E-state index in [2.05, 4.69) is 28.9 Å². The van der Waals surface area contributed by atoms with Crippen molar-refractivity contribution in [1.82, 2.24) is 9.88 Å². The van der Waals surface area contributed by atoms with Gasteiger partial charge >= 0.3 is 7.12 Å². The molecule has 6 nitrogen and oxygen atoms in total. The minimum Gasteiger partial charge on any atom is -0.464 e. The molecule has 7 heteroatoms. The number of hydrogen-bond donors (Lipinski definition) is 2. The molecular formula is C13H18BN3O3. The van der Waals surface area contributed by atoms with Crippen molar-refractivity contribution in [2.24, 2.45) is 0 Å². The Morgan fingerprint density at radius 1 is 1.45 bits per heavy atom. The molecule has 1 aliphatic heterocycles. The Morgan fingerprint density at radius 2 is 2.25 bits per heavy atom. The normalized spacial score (nSPS) is 19.2. The van der Waals surface area contributed by atoms with Crippen LogP contribution >= 0.6 is 0 Å². The first kappa shape index (κ1) is 13.4. The fraction of sp³-hybridized carbons (Fsp3) is 0.462. The van der Waals surface area contributed by atoms with Crippen molar-refractivity contribution in [3.05, 3.63) is 18.3 Å². The molecule has 0 aliphatic carbocycles. The van der Waals surface area contributed by atoms with Crippen LogP contribution in [0.25, 0.3) is 11.0 Å². The standard InChI is InChI=1S/C13H18BN3O3/c1-16(2)9-4-6-17(8-9)13-10-7-12(14(18)19)20-11(10)3-5-15-13/h3,5,7,9,18-19H,4,6,8H2,1-2H3/t9-/m0/s1. The predicted molar refractivity (Wildman–Crippen MR) is 78.1 cm³/mol. The molecule has 0 aromatic carbocycles. The molecule has 0 spiro atoms. The summed E-state index contributed by atoms with van der Waals surface area (Å²) in [6.07, 6.45) is 2.79. The van der Waals surface area contributed by atoms with Gasteiger partial charge in [-0.15, -0.1) is 0 Å². The average Bonchev–Trinajstić information content (AvgIpc) is 3.05. The Hall–Kier alpha value is -1.57. The van der Waals surface area contributed by atoms with Crippen molar-refractivity contribution in [3.8, 4) is 0 Å². The Kier molecular flexibility index (Phi) is 3.41. The summed E-state index contributed by atoms with van der Waals surface area (Å²) in [4.78, 5) is 8.88. The van der Waals surface area contributed by atoms with Crippen LogP contribution in [0.4, 0.5) is 5.82 Å². The van der Waals surface area contributed by atoms with E-state index in [1.807, 2.05) is 0 Å². The van der Waals surface area contributed by atoms with Gasteiger partial charge in [-0.2, -0.15) is 0 Å². The molecule has 2 aromatic rings. The van der Waals surface area contributed by atoms with Gasteiger partial charge in [0.1, 0.15) is 17.1 Å². The molecule has 3 rings (SSSR count). The van der Waals surface area contributed by atoms with Gasteiger partial charge < -0.3 is 24.3 Å². The maximum Gasteiger partial charge on any atom is 0.526 e. The molecule has 0 radical (unpaired) electrons. The molecule has 3 heterocycles. The number of pyridine rings is 1. The van der Waals surface area contributed by atoms with E-state index < -0.39 is 7.12 Å². The molecule has 0 unspecified atom stereocenters. The largest absolute Gasteiger partial charge is 0.526 e. The first-order chi connectivity index (χ1) is 9.56. The van der Waals surface area contributed by atoms with Gasteiger partial charge in [0.2, 0.25) is 0 Å². The van der Waals surface area contributed by atoms with E-state index in [4.69, 9.17) is 4.42 Å². The second-order valence-corrected chi connectivity index (χ2v) is 5.42. The molecule has 0 bridgehead atoms. The highest BCUT2D eigenvalue weighted by Crippen LogP contribution is 2.28. The summed E-state index contributed by atoms with van der Waals surface area (Å²) in [6, 6.07) is 3.91. The van der Waals surface area contributed by atoms with Crippen molar-refractivity contribution in [3.63, 3.8) is 0 Å². The molecule has 0 amide bonds. The summed E-state index contributed by atoms with van der Waals surface area (Å²) in [5, 5.41) is 19.3. The number of hydrogen-bond acceptors (Lipinski definition) is 6. The van der Waals surface area contributed by atoms with Crippen molar-refractivity contribution < 1.29 is 14.5 Å². The van der Waals surface area contributed by atoms with E-state index in [-0.39, 0.29) is 5.66 Å².